The van der Waals surface area contributed by atoms with Crippen molar-refractivity contribution in [2.24, 2.45) is 5.92 Å². The molecule has 0 saturated carbocycles. The summed E-state index contributed by atoms with van der Waals surface area (Å²) in [4.78, 5) is 3.98. The maximum absolute atomic E-state index is 5.70. The van der Waals surface area contributed by atoms with Gasteiger partial charge in [0.2, 0.25) is 0 Å². The van der Waals surface area contributed by atoms with Crippen LogP contribution in [0.25, 0.3) is 0 Å². The number of hydrogen-bond acceptors (Lipinski definition) is 3. The Balaban J connectivity index is 1.54. The van der Waals surface area contributed by atoms with E-state index in [4.69, 9.17) is 21.1 Å². The third kappa shape index (κ3) is 4.83. The molecule has 4 heteroatoms. The van der Waals surface area contributed by atoms with Gasteiger partial charge in [0.1, 0.15) is 10.9 Å². The molecule has 0 N–H and O–H groups in total. The Morgan fingerprint density at radius 3 is 2.83 bits per heavy atom. The van der Waals surface area contributed by atoms with Crippen LogP contribution in [0.2, 0.25) is 5.15 Å². The van der Waals surface area contributed by atoms with E-state index in [-0.39, 0.29) is 0 Å². The quantitative estimate of drug-likeness (QED) is 0.583. The van der Waals surface area contributed by atoms with Gasteiger partial charge in [0, 0.05) is 13.2 Å². The molecule has 3 nitrogen and oxygen atoms in total. The number of halogens is 1. The molecule has 0 atom stereocenters. The molecule has 100 valence electrons. The second kappa shape index (κ2) is 7.59. The van der Waals surface area contributed by atoms with Crippen LogP contribution in [0.5, 0.6) is 5.75 Å². The van der Waals surface area contributed by atoms with Crippen molar-refractivity contribution in [2.45, 2.75) is 32.1 Å². The first-order valence-corrected chi connectivity index (χ1v) is 7.04. The fourth-order valence-electron chi connectivity index (χ4n) is 2.21. The highest BCUT2D eigenvalue weighted by molar-refractivity contribution is 6.29. The molecule has 0 unspecified atom stereocenters. The van der Waals surface area contributed by atoms with Gasteiger partial charge in [0.05, 0.1) is 12.8 Å². The molecule has 1 aromatic rings. The maximum Gasteiger partial charge on any atom is 0.137 e. The van der Waals surface area contributed by atoms with Gasteiger partial charge in [-0.1, -0.05) is 18.0 Å². The van der Waals surface area contributed by atoms with Crippen molar-refractivity contribution in [3.05, 3.63) is 23.5 Å². The molecule has 0 radical (unpaired) electrons. The second-order valence-electron chi connectivity index (χ2n) is 4.72. The lowest BCUT2D eigenvalue weighted by Crippen LogP contribution is -2.15. The van der Waals surface area contributed by atoms with Crippen molar-refractivity contribution in [1.82, 2.24) is 4.98 Å². The highest BCUT2D eigenvalue weighted by atomic mass is 35.5. The van der Waals surface area contributed by atoms with Crippen molar-refractivity contribution in [3.8, 4) is 5.75 Å². The summed E-state index contributed by atoms with van der Waals surface area (Å²) in [6.45, 7) is 2.64. The predicted molar refractivity (Wildman–Crippen MR) is 72.1 cm³/mol. The van der Waals surface area contributed by atoms with Gasteiger partial charge < -0.3 is 9.47 Å². The molecule has 1 fully saturated rings. The lowest BCUT2D eigenvalue weighted by atomic mass is 9.94. The highest BCUT2D eigenvalue weighted by Gasteiger charge is 2.12. The lowest BCUT2D eigenvalue weighted by molar-refractivity contribution is 0.0628. The van der Waals surface area contributed by atoms with Gasteiger partial charge in [-0.15, -0.1) is 0 Å². The maximum atomic E-state index is 5.70. The molecule has 0 aliphatic carbocycles. The van der Waals surface area contributed by atoms with E-state index in [0.717, 1.165) is 37.9 Å². The molecule has 2 heterocycles. The van der Waals surface area contributed by atoms with Crippen LogP contribution in [0.1, 0.15) is 32.1 Å². The number of nitrogens with zero attached hydrogens (tertiary/aromatic N) is 1. The van der Waals surface area contributed by atoms with Gasteiger partial charge in [-0.25, -0.2) is 4.98 Å². The average Bonchev–Trinajstić information content (AvgIpc) is 2.42. The monoisotopic (exact) mass is 269 g/mol. The zero-order valence-corrected chi connectivity index (χ0v) is 11.4. The highest BCUT2D eigenvalue weighted by Crippen LogP contribution is 2.21. The molecule has 2 rings (SSSR count). The minimum atomic E-state index is 0.502. The fraction of sp³-hybridized carbons (Fsp3) is 0.643. The van der Waals surface area contributed by atoms with Crippen LogP contribution < -0.4 is 4.74 Å². The van der Waals surface area contributed by atoms with E-state index < -0.39 is 0 Å². The van der Waals surface area contributed by atoms with Crippen molar-refractivity contribution in [3.63, 3.8) is 0 Å². The molecule has 18 heavy (non-hydrogen) atoms. The van der Waals surface area contributed by atoms with Gasteiger partial charge in [-0.3, -0.25) is 0 Å². The predicted octanol–water partition coefficient (Wildman–Crippen LogP) is 3.71. The summed E-state index contributed by atoms with van der Waals surface area (Å²) in [7, 11) is 0. The number of pyridine rings is 1. The van der Waals surface area contributed by atoms with E-state index in [2.05, 4.69) is 4.98 Å². The Morgan fingerprint density at radius 1 is 1.28 bits per heavy atom. The second-order valence-corrected chi connectivity index (χ2v) is 5.10. The number of hydrogen-bond donors (Lipinski definition) is 0. The number of aromatic nitrogens is 1. The van der Waals surface area contributed by atoms with E-state index in [1.54, 1.807) is 12.3 Å². The van der Waals surface area contributed by atoms with E-state index in [0.29, 0.717) is 5.15 Å². The smallest absolute Gasteiger partial charge is 0.137 e. The van der Waals surface area contributed by atoms with E-state index in [1.807, 2.05) is 6.07 Å². The average molecular weight is 270 g/mol. The van der Waals surface area contributed by atoms with Gasteiger partial charge in [0.15, 0.2) is 0 Å². The van der Waals surface area contributed by atoms with E-state index >= 15 is 0 Å². The van der Waals surface area contributed by atoms with E-state index in [9.17, 15) is 0 Å². The number of rotatable bonds is 6. The van der Waals surface area contributed by atoms with Gasteiger partial charge in [-0.05, 0) is 43.7 Å². The lowest BCUT2D eigenvalue weighted by Gasteiger charge is -2.21. The summed E-state index contributed by atoms with van der Waals surface area (Å²) in [5.74, 6) is 1.65. The molecule has 1 aliphatic rings. The Morgan fingerprint density at radius 2 is 2.11 bits per heavy atom. The fourth-order valence-corrected chi connectivity index (χ4v) is 2.32. The van der Waals surface area contributed by atoms with Crippen LogP contribution in [0.4, 0.5) is 0 Å². The third-order valence-electron chi connectivity index (χ3n) is 3.32. The number of unbranched alkanes of at least 4 members (excludes halogenated alkanes) is 1. The molecule has 1 aliphatic heterocycles. The summed E-state index contributed by atoms with van der Waals surface area (Å²) < 4.78 is 11.0. The summed E-state index contributed by atoms with van der Waals surface area (Å²) in [5.41, 5.74) is 0. The Hall–Kier alpha value is -0.800. The van der Waals surface area contributed by atoms with Crippen molar-refractivity contribution in [2.75, 3.05) is 19.8 Å². The molecule has 0 amide bonds. The topological polar surface area (TPSA) is 31.4 Å². The first kappa shape index (κ1) is 13.6. The minimum Gasteiger partial charge on any atom is -0.492 e. The zero-order valence-electron chi connectivity index (χ0n) is 10.6. The first-order chi connectivity index (χ1) is 8.84. The summed E-state index contributed by atoms with van der Waals surface area (Å²) in [6, 6.07) is 3.60. The Labute approximate surface area is 113 Å². The first-order valence-electron chi connectivity index (χ1n) is 6.67. The minimum absolute atomic E-state index is 0.502. The van der Waals surface area contributed by atoms with Gasteiger partial charge in [0.25, 0.3) is 0 Å². The SMILES string of the molecule is Clc1ccc(OCCCCC2CCOCC2)cn1. The van der Waals surface area contributed by atoms with Gasteiger partial charge in [-0.2, -0.15) is 0 Å². The van der Waals surface area contributed by atoms with Crippen molar-refractivity contribution < 1.29 is 9.47 Å². The third-order valence-corrected chi connectivity index (χ3v) is 3.54. The molecule has 0 bridgehead atoms. The van der Waals surface area contributed by atoms with Crippen LogP contribution >= 0.6 is 11.6 Å². The van der Waals surface area contributed by atoms with Crippen LogP contribution in [-0.4, -0.2) is 24.8 Å². The van der Waals surface area contributed by atoms with E-state index in [1.165, 1.54) is 25.7 Å². The van der Waals surface area contributed by atoms with Crippen LogP contribution in [-0.2, 0) is 4.74 Å². The molecular formula is C14H20ClNO2. The molecule has 1 aromatic heterocycles. The summed E-state index contributed by atoms with van der Waals surface area (Å²) in [6.07, 6.45) is 7.74. The number of ether oxygens (including phenoxy) is 2. The largest absolute Gasteiger partial charge is 0.492 e. The summed E-state index contributed by atoms with van der Waals surface area (Å²) >= 11 is 5.70. The Kier molecular flexibility index (Phi) is 5.75. The molecule has 0 spiro atoms. The van der Waals surface area contributed by atoms with Crippen LogP contribution in [0, 0.1) is 5.92 Å². The standard InChI is InChI=1S/C14H20ClNO2/c15-14-5-4-13(11-16-14)18-8-2-1-3-12-6-9-17-10-7-12/h4-5,11-12H,1-3,6-10H2. The Bertz CT molecular complexity index is 336. The molecule has 0 aromatic carbocycles. The van der Waals surface area contributed by atoms with Crippen LogP contribution in [0.15, 0.2) is 18.3 Å². The normalized spacial score (nSPS) is 16.7. The van der Waals surface area contributed by atoms with Crippen LogP contribution in [0.3, 0.4) is 0 Å². The summed E-state index contributed by atoms with van der Waals surface area (Å²) in [5, 5.41) is 0.502. The van der Waals surface area contributed by atoms with Crippen molar-refractivity contribution >= 4 is 11.6 Å². The zero-order chi connectivity index (χ0) is 12.6. The molecule has 1 saturated heterocycles. The molecular weight excluding hydrogens is 250 g/mol. The van der Waals surface area contributed by atoms with Gasteiger partial charge >= 0.3 is 0 Å². The van der Waals surface area contributed by atoms with Crippen molar-refractivity contribution in [1.29, 1.82) is 0 Å².